The molecule has 18 heavy (non-hydrogen) atoms. The van der Waals surface area contributed by atoms with Crippen LogP contribution in [0.25, 0.3) is 0 Å². The molecule has 1 heterocycles. The first-order chi connectivity index (χ1) is 8.47. The second kappa shape index (κ2) is 4.60. The summed E-state index contributed by atoms with van der Waals surface area (Å²) in [6.07, 6.45) is 1.08. The minimum Gasteiger partial charge on any atom is -0.368 e. The Kier molecular flexibility index (Phi) is 3.14. The SMILES string of the molecule is Cc1cc(C)cc(N(C)c2nc(N)ncc2F)c1. The highest BCUT2D eigenvalue weighted by molar-refractivity contribution is 5.61. The van der Waals surface area contributed by atoms with Gasteiger partial charge in [-0.25, -0.2) is 9.37 Å². The van der Waals surface area contributed by atoms with E-state index in [-0.39, 0.29) is 11.8 Å². The van der Waals surface area contributed by atoms with Crippen LogP contribution in [0.3, 0.4) is 0 Å². The minimum atomic E-state index is -0.495. The van der Waals surface area contributed by atoms with E-state index in [1.54, 1.807) is 11.9 Å². The molecule has 0 bridgehead atoms. The molecule has 0 aliphatic carbocycles. The van der Waals surface area contributed by atoms with Crippen molar-refractivity contribution < 1.29 is 4.39 Å². The lowest BCUT2D eigenvalue weighted by atomic mass is 10.1. The van der Waals surface area contributed by atoms with Crippen LogP contribution in [0.15, 0.2) is 24.4 Å². The number of nitrogens with zero attached hydrogens (tertiary/aromatic N) is 3. The van der Waals surface area contributed by atoms with E-state index < -0.39 is 5.82 Å². The predicted molar refractivity (Wildman–Crippen MR) is 70.4 cm³/mol. The molecular weight excluding hydrogens is 231 g/mol. The van der Waals surface area contributed by atoms with Crippen LogP contribution in [0.4, 0.5) is 21.8 Å². The van der Waals surface area contributed by atoms with Gasteiger partial charge in [0, 0.05) is 12.7 Å². The standard InChI is InChI=1S/C13H15FN4/c1-8-4-9(2)6-10(5-8)18(3)12-11(14)7-16-13(15)17-12/h4-7H,1-3H3,(H2,15,16,17). The Labute approximate surface area is 105 Å². The van der Waals surface area contributed by atoms with E-state index in [2.05, 4.69) is 16.0 Å². The maximum Gasteiger partial charge on any atom is 0.222 e. The van der Waals surface area contributed by atoms with Gasteiger partial charge in [-0.1, -0.05) is 6.07 Å². The number of benzene rings is 1. The highest BCUT2D eigenvalue weighted by atomic mass is 19.1. The van der Waals surface area contributed by atoms with Gasteiger partial charge in [-0.05, 0) is 37.1 Å². The van der Waals surface area contributed by atoms with E-state index in [0.29, 0.717) is 0 Å². The van der Waals surface area contributed by atoms with Gasteiger partial charge >= 0.3 is 0 Å². The first-order valence-corrected chi connectivity index (χ1v) is 5.57. The maximum atomic E-state index is 13.7. The summed E-state index contributed by atoms with van der Waals surface area (Å²) in [6.45, 7) is 3.99. The molecule has 1 aromatic carbocycles. The molecule has 0 radical (unpaired) electrons. The highest BCUT2D eigenvalue weighted by Gasteiger charge is 2.12. The number of aromatic nitrogens is 2. The van der Waals surface area contributed by atoms with Crippen molar-refractivity contribution >= 4 is 17.5 Å². The van der Waals surface area contributed by atoms with Gasteiger partial charge in [-0.2, -0.15) is 4.98 Å². The lowest BCUT2D eigenvalue weighted by Gasteiger charge is -2.20. The summed E-state index contributed by atoms with van der Waals surface area (Å²) in [4.78, 5) is 9.20. The van der Waals surface area contributed by atoms with Crippen molar-refractivity contribution in [1.29, 1.82) is 0 Å². The van der Waals surface area contributed by atoms with Crippen LogP contribution in [-0.2, 0) is 0 Å². The molecule has 0 unspecified atom stereocenters. The van der Waals surface area contributed by atoms with E-state index >= 15 is 0 Å². The lowest BCUT2D eigenvalue weighted by Crippen LogP contribution is -2.15. The smallest absolute Gasteiger partial charge is 0.222 e. The molecule has 94 valence electrons. The molecule has 4 nitrogen and oxygen atoms in total. The molecule has 5 heteroatoms. The molecule has 0 saturated carbocycles. The number of nitrogens with two attached hydrogens (primary N) is 1. The fraction of sp³-hybridized carbons (Fsp3) is 0.231. The number of rotatable bonds is 2. The summed E-state index contributed by atoms with van der Waals surface area (Å²) >= 11 is 0. The summed E-state index contributed by atoms with van der Waals surface area (Å²) in [6, 6.07) is 5.98. The van der Waals surface area contributed by atoms with Gasteiger partial charge in [0.05, 0.1) is 6.20 Å². The Balaban J connectivity index is 2.47. The summed E-state index contributed by atoms with van der Waals surface area (Å²) in [5.41, 5.74) is 8.57. The zero-order valence-corrected chi connectivity index (χ0v) is 10.6. The van der Waals surface area contributed by atoms with Crippen molar-refractivity contribution in [2.24, 2.45) is 0 Å². The topological polar surface area (TPSA) is 55.0 Å². The molecule has 0 fully saturated rings. The molecule has 2 rings (SSSR count). The maximum absolute atomic E-state index is 13.7. The first kappa shape index (κ1) is 12.3. The summed E-state index contributed by atoms with van der Waals surface area (Å²) < 4.78 is 13.7. The van der Waals surface area contributed by atoms with E-state index in [9.17, 15) is 4.39 Å². The third-order valence-electron chi connectivity index (χ3n) is 2.66. The molecule has 0 atom stereocenters. The van der Waals surface area contributed by atoms with Crippen molar-refractivity contribution in [2.75, 3.05) is 17.7 Å². The Morgan fingerprint density at radius 3 is 2.39 bits per heavy atom. The first-order valence-electron chi connectivity index (χ1n) is 5.57. The number of anilines is 3. The Morgan fingerprint density at radius 1 is 1.17 bits per heavy atom. The van der Waals surface area contributed by atoms with Crippen LogP contribution in [-0.4, -0.2) is 17.0 Å². The fourth-order valence-corrected chi connectivity index (χ4v) is 1.87. The van der Waals surface area contributed by atoms with E-state index in [0.717, 1.165) is 23.0 Å². The van der Waals surface area contributed by atoms with Gasteiger partial charge < -0.3 is 10.6 Å². The Bertz CT molecular complexity index is 563. The fourth-order valence-electron chi connectivity index (χ4n) is 1.87. The molecule has 1 aromatic heterocycles. The molecule has 2 N–H and O–H groups in total. The van der Waals surface area contributed by atoms with E-state index in [4.69, 9.17) is 5.73 Å². The van der Waals surface area contributed by atoms with Gasteiger partial charge in [-0.3, -0.25) is 0 Å². The Hall–Kier alpha value is -2.17. The van der Waals surface area contributed by atoms with Gasteiger partial charge in [-0.15, -0.1) is 0 Å². The zero-order valence-electron chi connectivity index (χ0n) is 10.6. The number of aryl methyl sites for hydroxylation is 2. The van der Waals surface area contributed by atoms with Crippen molar-refractivity contribution in [3.63, 3.8) is 0 Å². The van der Waals surface area contributed by atoms with Crippen molar-refractivity contribution in [2.45, 2.75) is 13.8 Å². The van der Waals surface area contributed by atoms with Crippen LogP contribution < -0.4 is 10.6 Å². The summed E-state index contributed by atoms with van der Waals surface area (Å²) in [5, 5.41) is 0. The average Bonchev–Trinajstić information content (AvgIpc) is 2.30. The molecular formula is C13H15FN4. The van der Waals surface area contributed by atoms with Crippen LogP contribution in [0, 0.1) is 19.7 Å². The molecule has 2 aromatic rings. The minimum absolute atomic E-state index is 0.0580. The number of hydrogen-bond acceptors (Lipinski definition) is 4. The van der Waals surface area contributed by atoms with E-state index in [1.165, 1.54) is 0 Å². The third kappa shape index (κ3) is 2.40. The molecule has 0 saturated heterocycles. The monoisotopic (exact) mass is 246 g/mol. The predicted octanol–water partition coefficient (Wildman–Crippen LogP) is 2.58. The number of halogens is 1. The molecule has 0 spiro atoms. The van der Waals surface area contributed by atoms with Gasteiger partial charge in [0.1, 0.15) is 0 Å². The number of nitrogen functional groups attached to an aromatic ring is 1. The van der Waals surface area contributed by atoms with Crippen LogP contribution in [0.1, 0.15) is 11.1 Å². The van der Waals surface area contributed by atoms with Crippen LogP contribution in [0.2, 0.25) is 0 Å². The van der Waals surface area contributed by atoms with Crippen molar-refractivity contribution in [1.82, 2.24) is 9.97 Å². The van der Waals surface area contributed by atoms with Crippen molar-refractivity contribution in [3.05, 3.63) is 41.3 Å². The van der Waals surface area contributed by atoms with Gasteiger partial charge in [0.2, 0.25) is 5.95 Å². The largest absolute Gasteiger partial charge is 0.368 e. The lowest BCUT2D eigenvalue weighted by molar-refractivity contribution is 0.614. The second-order valence-corrected chi connectivity index (χ2v) is 4.30. The normalized spacial score (nSPS) is 10.4. The van der Waals surface area contributed by atoms with Crippen LogP contribution >= 0.6 is 0 Å². The van der Waals surface area contributed by atoms with Gasteiger partial charge in [0.15, 0.2) is 11.6 Å². The third-order valence-corrected chi connectivity index (χ3v) is 2.66. The quantitative estimate of drug-likeness (QED) is 0.884. The van der Waals surface area contributed by atoms with E-state index in [1.807, 2.05) is 26.0 Å². The summed E-state index contributed by atoms with van der Waals surface area (Å²) in [5.74, 6) is -0.263. The van der Waals surface area contributed by atoms with Crippen LogP contribution in [0.5, 0.6) is 0 Å². The van der Waals surface area contributed by atoms with Crippen molar-refractivity contribution in [3.8, 4) is 0 Å². The molecule has 0 amide bonds. The second-order valence-electron chi connectivity index (χ2n) is 4.30. The number of hydrogen-bond donors (Lipinski definition) is 1. The highest BCUT2D eigenvalue weighted by Crippen LogP contribution is 2.26. The summed E-state index contributed by atoms with van der Waals surface area (Å²) in [7, 11) is 1.75. The van der Waals surface area contributed by atoms with Gasteiger partial charge in [0.25, 0.3) is 0 Å². The zero-order chi connectivity index (χ0) is 13.3. The average molecular weight is 246 g/mol. The molecule has 0 aliphatic rings. The molecule has 0 aliphatic heterocycles. The Morgan fingerprint density at radius 2 is 1.78 bits per heavy atom.